The molecule has 90 valence electrons. The summed E-state index contributed by atoms with van der Waals surface area (Å²) in [6.45, 7) is 1.58. The van der Waals surface area contributed by atoms with E-state index in [0.29, 0.717) is 6.54 Å². The highest BCUT2D eigenvalue weighted by molar-refractivity contribution is 5.84. The smallest absolute Gasteiger partial charge is 0.0481 e. The SMILES string of the molecule is Cn1cc(CNC2CC2)c2cc(CN)ccc21. The van der Waals surface area contributed by atoms with E-state index in [-0.39, 0.29) is 0 Å². The number of nitrogens with one attached hydrogen (secondary N) is 1. The van der Waals surface area contributed by atoms with Gasteiger partial charge in [-0.3, -0.25) is 0 Å². The highest BCUT2D eigenvalue weighted by atomic mass is 15.0. The Balaban J connectivity index is 1.96. The normalized spacial score (nSPS) is 15.6. The summed E-state index contributed by atoms with van der Waals surface area (Å²) in [6.07, 6.45) is 4.89. The van der Waals surface area contributed by atoms with Crippen LogP contribution in [0.4, 0.5) is 0 Å². The van der Waals surface area contributed by atoms with Crippen molar-refractivity contribution in [3.8, 4) is 0 Å². The van der Waals surface area contributed by atoms with Crippen molar-refractivity contribution in [3.05, 3.63) is 35.5 Å². The molecule has 0 radical (unpaired) electrons. The molecule has 0 saturated heterocycles. The molecular formula is C14H19N3. The topological polar surface area (TPSA) is 43.0 Å². The van der Waals surface area contributed by atoms with E-state index in [0.717, 1.165) is 12.6 Å². The lowest BCUT2D eigenvalue weighted by Crippen LogP contribution is -2.14. The quantitative estimate of drug-likeness (QED) is 0.840. The van der Waals surface area contributed by atoms with Gasteiger partial charge in [0.1, 0.15) is 0 Å². The molecule has 1 aromatic carbocycles. The first kappa shape index (κ1) is 10.8. The van der Waals surface area contributed by atoms with E-state index in [4.69, 9.17) is 5.73 Å². The Morgan fingerprint density at radius 2 is 2.24 bits per heavy atom. The molecule has 0 unspecified atom stereocenters. The highest BCUT2D eigenvalue weighted by Gasteiger charge is 2.20. The van der Waals surface area contributed by atoms with Crippen molar-refractivity contribution >= 4 is 10.9 Å². The van der Waals surface area contributed by atoms with E-state index >= 15 is 0 Å². The van der Waals surface area contributed by atoms with Gasteiger partial charge < -0.3 is 15.6 Å². The molecule has 3 rings (SSSR count). The van der Waals surface area contributed by atoms with Crippen molar-refractivity contribution in [1.82, 2.24) is 9.88 Å². The number of nitrogens with zero attached hydrogens (tertiary/aromatic N) is 1. The molecule has 1 saturated carbocycles. The molecule has 1 heterocycles. The second-order valence-electron chi connectivity index (χ2n) is 4.98. The van der Waals surface area contributed by atoms with Gasteiger partial charge in [0.25, 0.3) is 0 Å². The summed E-state index contributed by atoms with van der Waals surface area (Å²) in [5.74, 6) is 0. The fourth-order valence-electron chi connectivity index (χ4n) is 2.33. The fourth-order valence-corrected chi connectivity index (χ4v) is 2.33. The van der Waals surface area contributed by atoms with Crippen LogP contribution in [0.3, 0.4) is 0 Å². The van der Waals surface area contributed by atoms with Crippen molar-refractivity contribution in [2.45, 2.75) is 32.0 Å². The number of fused-ring (bicyclic) bond motifs is 1. The zero-order valence-electron chi connectivity index (χ0n) is 10.2. The summed E-state index contributed by atoms with van der Waals surface area (Å²) < 4.78 is 2.19. The van der Waals surface area contributed by atoms with Gasteiger partial charge in [-0.1, -0.05) is 6.07 Å². The number of aromatic nitrogens is 1. The molecule has 3 nitrogen and oxygen atoms in total. The first-order valence-electron chi connectivity index (χ1n) is 6.28. The number of aryl methyl sites for hydroxylation is 1. The number of hydrogen-bond donors (Lipinski definition) is 2. The van der Waals surface area contributed by atoms with E-state index in [2.05, 4.69) is 41.3 Å². The molecule has 1 fully saturated rings. The third-order valence-electron chi connectivity index (χ3n) is 3.53. The molecule has 0 atom stereocenters. The lowest BCUT2D eigenvalue weighted by Gasteiger charge is -2.02. The van der Waals surface area contributed by atoms with Crippen LogP contribution in [0.5, 0.6) is 0 Å². The van der Waals surface area contributed by atoms with Crippen LogP contribution in [0.1, 0.15) is 24.0 Å². The van der Waals surface area contributed by atoms with E-state index in [1.54, 1.807) is 0 Å². The minimum atomic E-state index is 0.611. The van der Waals surface area contributed by atoms with Crippen LogP contribution in [-0.4, -0.2) is 10.6 Å². The molecule has 1 aliphatic rings. The molecule has 17 heavy (non-hydrogen) atoms. The maximum Gasteiger partial charge on any atom is 0.0481 e. The standard InChI is InChI=1S/C14H19N3/c1-17-9-11(8-16-12-3-4-12)13-6-10(7-15)2-5-14(13)17/h2,5-6,9,12,16H,3-4,7-8,15H2,1H3. The van der Waals surface area contributed by atoms with E-state index in [1.165, 1.54) is 34.9 Å². The van der Waals surface area contributed by atoms with Gasteiger partial charge >= 0.3 is 0 Å². The minimum absolute atomic E-state index is 0.611. The van der Waals surface area contributed by atoms with Gasteiger partial charge in [0, 0.05) is 43.3 Å². The first-order chi connectivity index (χ1) is 8.28. The summed E-state index contributed by atoms with van der Waals surface area (Å²) in [4.78, 5) is 0. The molecule has 0 aliphatic heterocycles. The van der Waals surface area contributed by atoms with E-state index in [1.807, 2.05) is 0 Å². The van der Waals surface area contributed by atoms with Crippen LogP contribution in [-0.2, 0) is 20.1 Å². The van der Waals surface area contributed by atoms with Gasteiger partial charge in [-0.15, -0.1) is 0 Å². The molecule has 2 aromatic rings. The van der Waals surface area contributed by atoms with Crippen LogP contribution in [0.25, 0.3) is 10.9 Å². The average molecular weight is 229 g/mol. The van der Waals surface area contributed by atoms with Gasteiger partial charge in [-0.05, 0) is 36.1 Å². The largest absolute Gasteiger partial charge is 0.350 e. The Kier molecular flexibility index (Phi) is 2.65. The maximum atomic E-state index is 5.71. The van der Waals surface area contributed by atoms with E-state index < -0.39 is 0 Å². The van der Waals surface area contributed by atoms with Crippen LogP contribution in [0.15, 0.2) is 24.4 Å². The first-order valence-corrected chi connectivity index (χ1v) is 6.28. The predicted molar refractivity (Wildman–Crippen MR) is 70.7 cm³/mol. The number of nitrogens with two attached hydrogens (primary N) is 1. The number of hydrogen-bond acceptors (Lipinski definition) is 2. The second-order valence-corrected chi connectivity index (χ2v) is 4.98. The maximum absolute atomic E-state index is 5.71. The molecule has 3 N–H and O–H groups in total. The molecule has 0 spiro atoms. The monoisotopic (exact) mass is 229 g/mol. The second kappa shape index (κ2) is 4.17. The number of rotatable bonds is 4. The minimum Gasteiger partial charge on any atom is -0.350 e. The van der Waals surface area contributed by atoms with Crippen molar-refractivity contribution in [2.24, 2.45) is 12.8 Å². The summed E-state index contributed by atoms with van der Waals surface area (Å²) in [6, 6.07) is 7.25. The summed E-state index contributed by atoms with van der Waals surface area (Å²) in [7, 11) is 2.10. The molecule has 3 heteroatoms. The zero-order valence-corrected chi connectivity index (χ0v) is 10.2. The highest BCUT2D eigenvalue weighted by Crippen LogP contribution is 2.24. The molecule has 0 bridgehead atoms. The van der Waals surface area contributed by atoms with Crippen molar-refractivity contribution in [2.75, 3.05) is 0 Å². The van der Waals surface area contributed by atoms with Gasteiger partial charge in [0.15, 0.2) is 0 Å². The van der Waals surface area contributed by atoms with Crippen LogP contribution >= 0.6 is 0 Å². The van der Waals surface area contributed by atoms with E-state index in [9.17, 15) is 0 Å². The van der Waals surface area contributed by atoms with Crippen molar-refractivity contribution < 1.29 is 0 Å². The molecule has 0 amide bonds. The summed E-state index contributed by atoms with van der Waals surface area (Å²) >= 11 is 0. The van der Waals surface area contributed by atoms with Gasteiger partial charge in [0.2, 0.25) is 0 Å². The number of benzene rings is 1. The Morgan fingerprint density at radius 1 is 1.41 bits per heavy atom. The molecule has 1 aliphatic carbocycles. The van der Waals surface area contributed by atoms with Gasteiger partial charge in [-0.25, -0.2) is 0 Å². The lowest BCUT2D eigenvalue weighted by molar-refractivity contribution is 0.689. The van der Waals surface area contributed by atoms with Crippen molar-refractivity contribution in [1.29, 1.82) is 0 Å². The predicted octanol–water partition coefficient (Wildman–Crippen LogP) is 1.89. The Bertz CT molecular complexity index is 538. The van der Waals surface area contributed by atoms with Gasteiger partial charge in [-0.2, -0.15) is 0 Å². The van der Waals surface area contributed by atoms with Crippen LogP contribution < -0.4 is 11.1 Å². The third-order valence-corrected chi connectivity index (χ3v) is 3.53. The average Bonchev–Trinajstić information content (AvgIpc) is 3.12. The molecular weight excluding hydrogens is 210 g/mol. The Hall–Kier alpha value is -1.32. The Morgan fingerprint density at radius 3 is 2.94 bits per heavy atom. The van der Waals surface area contributed by atoms with Crippen LogP contribution in [0.2, 0.25) is 0 Å². The lowest BCUT2D eigenvalue weighted by atomic mass is 10.1. The fraction of sp³-hybridized carbons (Fsp3) is 0.429. The zero-order chi connectivity index (χ0) is 11.8. The third kappa shape index (κ3) is 2.08. The summed E-state index contributed by atoms with van der Waals surface area (Å²) in [5.41, 5.74) is 9.58. The molecule has 1 aromatic heterocycles. The van der Waals surface area contributed by atoms with Gasteiger partial charge in [0.05, 0.1) is 0 Å². The van der Waals surface area contributed by atoms with Crippen LogP contribution in [0, 0.1) is 0 Å². The Labute approximate surface area is 102 Å². The van der Waals surface area contributed by atoms with Crippen molar-refractivity contribution in [3.63, 3.8) is 0 Å². The summed E-state index contributed by atoms with van der Waals surface area (Å²) in [5, 5.41) is 4.91.